The van der Waals surface area contributed by atoms with Gasteiger partial charge in [0.05, 0.1) is 10.6 Å². The smallest absolute Gasteiger partial charge is 0.247 e. The van der Waals surface area contributed by atoms with Crippen LogP contribution in [0.5, 0.6) is 0 Å². The summed E-state index contributed by atoms with van der Waals surface area (Å²) in [7, 11) is -1.91. The standard InChI is InChI=1S/C24H30N4O3S/c1-24(2,3)19-10-12-21(13-11-19)32(30,31)27-16-14-18(15-17-27)22-25-26(4)23(29)28(22)20-8-6-5-7-9-20/h5-13,18H,14-17H2,1-4H3. The van der Waals surface area contributed by atoms with Gasteiger partial charge in [0.25, 0.3) is 0 Å². The van der Waals surface area contributed by atoms with Crippen molar-refractivity contribution in [3.8, 4) is 5.69 Å². The zero-order valence-electron chi connectivity index (χ0n) is 19.0. The molecule has 2 aromatic carbocycles. The highest BCUT2D eigenvalue weighted by Gasteiger charge is 2.33. The van der Waals surface area contributed by atoms with Crippen LogP contribution >= 0.6 is 0 Å². The minimum atomic E-state index is -3.56. The lowest BCUT2D eigenvalue weighted by Crippen LogP contribution is -2.38. The predicted molar refractivity (Wildman–Crippen MR) is 125 cm³/mol. The summed E-state index contributed by atoms with van der Waals surface area (Å²) in [4.78, 5) is 13.0. The molecule has 1 aromatic heterocycles. The van der Waals surface area contributed by atoms with Gasteiger partial charge < -0.3 is 0 Å². The van der Waals surface area contributed by atoms with Gasteiger partial charge in [0.1, 0.15) is 5.82 Å². The maximum atomic E-state index is 13.2. The van der Waals surface area contributed by atoms with E-state index in [0.717, 1.165) is 11.3 Å². The van der Waals surface area contributed by atoms with Crippen LogP contribution in [0.25, 0.3) is 5.69 Å². The van der Waals surface area contributed by atoms with Crippen molar-refractivity contribution in [2.45, 2.75) is 49.8 Å². The lowest BCUT2D eigenvalue weighted by molar-refractivity contribution is 0.311. The third kappa shape index (κ3) is 4.17. The van der Waals surface area contributed by atoms with Crippen LogP contribution in [-0.2, 0) is 22.5 Å². The fourth-order valence-corrected chi connectivity index (χ4v) is 5.67. The van der Waals surface area contributed by atoms with Gasteiger partial charge in [-0.25, -0.2) is 22.5 Å². The number of aromatic nitrogens is 3. The molecular weight excluding hydrogens is 424 g/mol. The van der Waals surface area contributed by atoms with E-state index in [1.807, 2.05) is 42.5 Å². The predicted octanol–water partition coefficient (Wildman–Crippen LogP) is 3.44. The Morgan fingerprint density at radius 3 is 2.09 bits per heavy atom. The number of benzene rings is 2. The van der Waals surface area contributed by atoms with E-state index in [1.165, 1.54) is 4.68 Å². The molecule has 2 heterocycles. The normalized spacial score (nSPS) is 16.4. The molecule has 1 aliphatic rings. The van der Waals surface area contributed by atoms with Gasteiger partial charge in [0.15, 0.2) is 0 Å². The van der Waals surface area contributed by atoms with Crippen LogP contribution in [0, 0.1) is 0 Å². The highest BCUT2D eigenvalue weighted by Crippen LogP contribution is 2.31. The Morgan fingerprint density at radius 1 is 0.938 bits per heavy atom. The Morgan fingerprint density at radius 2 is 1.53 bits per heavy atom. The highest BCUT2D eigenvalue weighted by atomic mass is 32.2. The van der Waals surface area contributed by atoms with Crippen LogP contribution in [-0.4, -0.2) is 40.2 Å². The minimum absolute atomic E-state index is 0.0128. The van der Waals surface area contributed by atoms with Gasteiger partial charge in [-0.05, 0) is 48.1 Å². The molecule has 1 aliphatic heterocycles. The van der Waals surface area contributed by atoms with Gasteiger partial charge in [-0.1, -0.05) is 51.1 Å². The summed E-state index contributed by atoms with van der Waals surface area (Å²) in [6.07, 6.45) is 1.23. The van der Waals surface area contributed by atoms with E-state index >= 15 is 0 Å². The van der Waals surface area contributed by atoms with Gasteiger partial charge >= 0.3 is 5.69 Å². The maximum absolute atomic E-state index is 13.2. The van der Waals surface area contributed by atoms with Gasteiger partial charge in [-0.2, -0.15) is 9.40 Å². The van der Waals surface area contributed by atoms with Gasteiger partial charge in [-0.15, -0.1) is 0 Å². The van der Waals surface area contributed by atoms with E-state index in [2.05, 4.69) is 25.9 Å². The maximum Gasteiger partial charge on any atom is 0.350 e. The largest absolute Gasteiger partial charge is 0.350 e. The molecule has 0 radical (unpaired) electrons. The summed E-state index contributed by atoms with van der Waals surface area (Å²) in [6, 6.07) is 16.6. The summed E-state index contributed by atoms with van der Waals surface area (Å²) in [5, 5.41) is 4.49. The molecule has 0 unspecified atom stereocenters. The number of sulfonamides is 1. The quantitative estimate of drug-likeness (QED) is 0.605. The van der Waals surface area contributed by atoms with E-state index < -0.39 is 10.0 Å². The molecule has 0 N–H and O–H groups in total. The molecule has 1 saturated heterocycles. The number of nitrogens with zero attached hydrogens (tertiary/aromatic N) is 4. The summed E-state index contributed by atoms with van der Waals surface area (Å²) < 4.78 is 30.9. The van der Waals surface area contributed by atoms with Gasteiger partial charge in [-0.3, -0.25) is 0 Å². The fourth-order valence-electron chi connectivity index (χ4n) is 4.20. The molecule has 0 bridgehead atoms. The number of piperidine rings is 1. The van der Waals surface area contributed by atoms with Crippen molar-refractivity contribution >= 4 is 10.0 Å². The first kappa shape index (κ1) is 22.5. The Labute approximate surface area is 189 Å². The first-order valence-electron chi connectivity index (χ1n) is 10.9. The van der Waals surface area contributed by atoms with Crippen LogP contribution < -0.4 is 5.69 Å². The third-order valence-electron chi connectivity index (χ3n) is 6.14. The molecule has 3 aromatic rings. The third-order valence-corrected chi connectivity index (χ3v) is 8.05. The molecule has 4 rings (SSSR count). The minimum Gasteiger partial charge on any atom is -0.247 e. The number of hydrogen-bond acceptors (Lipinski definition) is 4. The SMILES string of the molecule is Cn1nc(C2CCN(S(=O)(=O)c3ccc(C(C)(C)C)cc3)CC2)n(-c2ccccc2)c1=O. The van der Waals surface area contributed by atoms with Crippen LogP contribution in [0.3, 0.4) is 0 Å². The highest BCUT2D eigenvalue weighted by molar-refractivity contribution is 7.89. The van der Waals surface area contributed by atoms with Crippen molar-refractivity contribution in [1.29, 1.82) is 0 Å². The van der Waals surface area contributed by atoms with Crippen LogP contribution in [0.4, 0.5) is 0 Å². The molecule has 8 heteroatoms. The lowest BCUT2D eigenvalue weighted by atomic mass is 9.87. The molecule has 32 heavy (non-hydrogen) atoms. The molecule has 0 aliphatic carbocycles. The lowest BCUT2D eigenvalue weighted by Gasteiger charge is -2.31. The Kier molecular flexibility index (Phi) is 5.85. The second-order valence-corrected chi connectivity index (χ2v) is 11.3. The second kappa shape index (κ2) is 8.33. The van der Waals surface area contributed by atoms with E-state index in [9.17, 15) is 13.2 Å². The number of rotatable bonds is 4. The molecular formula is C24H30N4O3S. The van der Waals surface area contributed by atoms with Crippen molar-refractivity contribution in [1.82, 2.24) is 18.7 Å². The first-order chi connectivity index (χ1) is 15.1. The molecule has 0 spiro atoms. The molecule has 0 amide bonds. The van der Waals surface area contributed by atoms with Crippen molar-refractivity contribution < 1.29 is 8.42 Å². The summed E-state index contributed by atoms with van der Waals surface area (Å²) in [5.74, 6) is 0.703. The molecule has 170 valence electrons. The molecule has 0 atom stereocenters. The topological polar surface area (TPSA) is 77.2 Å². The Hall–Kier alpha value is -2.71. The average molecular weight is 455 g/mol. The summed E-state index contributed by atoms with van der Waals surface area (Å²) in [5.41, 5.74) is 1.65. The van der Waals surface area contributed by atoms with Crippen LogP contribution in [0.2, 0.25) is 0 Å². The van der Waals surface area contributed by atoms with E-state index in [0.29, 0.717) is 36.7 Å². The van der Waals surface area contributed by atoms with E-state index in [4.69, 9.17) is 0 Å². The fraction of sp³-hybridized carbons (Fsp3) is 0.417. The summed E-state index contributed by atoms with van der Waals surface area (Å²) >= 11 is 0. The van der Waals surface area contributed by atoms with Crippen molar-refractivity contribution in [3.63, 3.8) is 0 Å². The second-order valence-electron chi connectivity index (χ2n) is 9.39. The Balaban J connectivity index is 1.54. The van der Waals surface area contributed by atoms with Crippen molar-refractivity contribution in [2.75, 3.05) is 13.1 Å². The van der Waals surface area contributed by atoms with Crippen molar-refractivity contribution in [3.05, 3.63) is 76.5 Å². The van der Waals surface area contributed by atoms with Gasteiger partial charge in [0.2, 0.25) is 10.0 Å². The molecule has 7 nitrogen and oxygen atoms in total. The number of aryl methyl sites for hydroxylation is 1. The van der Waals surface area contributed by atoms with E-state index in [1.54, 1.807) is 28.1 Å². The van der Waals surface area contributed by atoms with Gasteiger partial charge in [0, 0.05) is 26.1 Å². The first-order valence-corrected chi connectivity index (χ1v) is 12.3. The number of para-hydroxylation sites is 1. The molecule has 1 fully saturated rings. The molecule has 0 saturated carbocycles. The van der Waals surface area contributed by atoms with Crippen LogP contribution in [0.1, 0.15) is 50.9 Å². The average Bonchev–Trinajstić information content (AvgIpc) is 3.08. The monoisotopic (exact) mass is 454 g/mol. The van der Waals surface area contributed by atoms with Crippen LogP contribution in [0.15, 0.2) is 64.3 Å². The number of hydrogen-bond donors (Lipinski definition) is 0. The zero-order chi connectivity index (χ0) is 23.1. The van der Waals surface area contributed by atoms with E-state index in [-0.39, 0.29) is 17.0 Å². The zero-order valence-corrected chi connectivity index (χ0v) is 19.8. The summed E-state index contributed by atoms with van der Waals surface area (Å²) in [6.45, 7) is 7.11. The van der Waals surface area contributed by atoms with Crippen molar-refractivity contribution in [2.24, 2.45) is 7.05 Å². The Bertz CT molecular complexity index is 1250.